The van der Waals surface area contributed by atoms with E-state index in [-0.39, 0.29) is 0 Å². The van der Waals surface area contributed by atoms with Gasteiger partial charge in [-0.15, -0.1) is 0 Å². The highest BCUT2D eigenvalue weighted by atomic mass is 28.3. The van der Waals surface area contributed by atoms with Gasteiger partial charge in [-0.2, -0.15) is 0 Å². The Morgan fingerprint density at radius 3 is 1.22 bits per heavy atom. The lowest BCUT2D eigenvalue weighted by atomic mass is 9.70. The van der Waals surface area contributed by atoms with Crippen LogP contribution in [0.15, 0.2) is 231 Å². The second-order valence-corrected chi connectivity index (χ2v) is 30.7. The molecule has 0 aromatic heterocycles. The fourth-order valence-electron chi connectivity index (χ4n) is 15.2. The Kier molecular flexibility index (Phi) is 8.24. The minimum absolute atomic E-state index is 0.486. The van der Waals surface area contributed by atoms with Crippen LogP contribution in [0.5, 0.6) is 0 Å². The molecule has 0 amide bonds. The summed E-state index contributed by atoms with van der Waals surface area (Å²) < 4.78 is 0. The average molecular weight is 959 g/mol. The summed E-state index contributed by atoms with van der Waals surface area (Å²) in [6, 6.07) is 89.3. The second kappa shape index (κ2) is 14.5. The summed E-state index contributed by atoms with van der Waals surface area (Å²) in [4.78, 5) is 0. The topological polar surface area (TPSA) is 0 Å². The molecule has 2 aliphatic heterocycles. The molecular formula is C71H50Si2. The van der Waals surface area contributed by atoms with E-state index < -0.39 is 21.6 Å². The number of benzene rings is 12. The van der Waals surface area contributed by atoms with Crippen molar-refractivity contribution in [1.29, 1.82) is 0 Å². The van der Waals surface area contributed by atoms with Crippen LogP contribution in [0, 0.1) is 0 Å². The third-order valence-electron chi connectivity index (χ3n) is 18.1. The molecule has 1 spiro atoms. The van der Waals surface area contributed by atoms with Crippen LogP contribution in [-0.2, 0) is 5.41 Å². The highest BCUT2D eigenvalue weighted by Gasteiger charge is 2.53. The van der Waals surface area contributed by atoms with Crippen molar-refractivity contribution in [3.63, 3.8) is 0 Å². The first-order valence-electron chi connectivity index (χ1n) is 26.1. The molecule has 4 aliphatic rings. The maximum atomic E-state index is 2.60. The second-order valence-electron chi connectivity index (χ2n) is 22.1. The number of hydrogen-bond acceptors (Lipinski definition) is 0. The predicted molar refractivity (Wildman–Crippen MR) is 316 cm³/mol. The minimum atomic E-state index is -2.09. The fourth-order valence-corrected chi connectivity index (χ4v) is 22.1. The molecule has 0 N–H and O–H groups in total. The van der Waals surface area contributed by atoms with Crippen molar-refractivity contribution in [1.82, 2.24) is 0 Å². The molecule has 0 radical (unpaired) electrons. The van der Waals surface area contributed by atoms with Crippen LogP contribution in [0.1, 0.15) is 22.3 Å². The van der Waals surface area contributed by atoms with E-state index >= 15 is 0 Å². The first-order chi connectivity index (χ1) is 35.8. The molecule has 16 rings (SSSR count). The third-order valence-corrected chi connectivity index (χ3v) is 25.2. The molecule has 1 atom stereocenters. The maximum Gasteiger partial charge on any atom is 0.114 e. The summed E-state index contributed by atoms with van der Waals surface area (Å²) in [5, 5.41) is 14.0. The zero-order chi connectivity index (χ0) is 48.5. The Hall–Kier alpha value is -8.15. The monoisotopic (exact) mass is 958 g/mol. The van der Waals surface area contributed by atoms with Gasteiger partial charge >= 0.3 is 0 Å². The zero-order valence-electron chi connectivity index (χ0n) is 41.4. The van der Waals surface area contributed by atoms with Crippen molar-refractivity contribution in [2.45, 2.75) is 31.6 Å². The summed E-state index contributed by atoms with van der Waals surface area (Å²) in [5.74, 6) is 0. The molecule has 0 nitrogen and oxygen atoms in total. The van der Waals surface area contributed by atoms with Crippen molar-refractivity contribution in [3.05, 3.63) is 253 Å². The summed E-state index contributed by atoms with van der Waals surface area (Å²) >= 11 is 0. The van der Waals surface area contributed by atoms with E-state index in [1.54, 1.807) is 10.4 Å². The van der Waals surface area contributed by atoms with Gasteiger partial charge in [0, 0.05) is 0 Å². The molecule has 0 saturated carbocycles. The van der Waals surface area contributed by atoms with E-state index in [0.29, 0.717) is 0 Å². The lowest BCUT2D eigenvalue weighted by Crippen LogP contribution is -2.50. The standard InChI is InChI=1S/C71H50Si2/c1-72(2)64-38-13-9-22-47(64)53-32-17-30-51(69(53)72)45-26-15-28-49-58(45)42-59-46(52-31-18-33-54-48-23-10-14-39-65(48)73(3,4)70(52)54)27-16-29-50(59)66(49)57-34-19-37-62-68(57)56-25-8-12-36-61(56)71(62)60-35-11-7-24-55(60)67-44-21-6-5-20-43(44)40-41-63(67)71/h5-42H,1-4H3. The van der Waals surface area contributed by atoms with Crippen molar-refractivity contribution < 1.29 is 0 Å². The molecule has 1 unspecified atom stereocenters. The number of hydrogen-bond donors (Lipinski definition) is 0. The molecule has 12 aromatic rings. The Balaban J connectivity index is 1.04. The van der Waals surface area contributed by atoms with E-state index in [1.807, 2.05) is 0 Å². The Labute approximate surface area is 428 Å². The lowest BCUT2D eigenvalue weighted by molar-refractivity contribution is 0.794. The van der Waals surface area contributed by atoms with Crippen molar-refractivity contribution in [3.8, 4) is 77.9 Å². The number of rotatable bonds is 3. The molecule has 2 aliphatic carbocycles. The molecule has 0 bridgehead atoms. The van der Waals surface area contributed by atoms with Gasteiger partial charge in [0.1, 0.15) is 16.1 Å². The Morgan fingerprint density at radius 1 is 0.247 bits per heavy atom. The van der Waals surface area contributed by atoms with Gasteiger partial charge < -0.3 is 0 Å². The van der Waals surface area contributed by atoms with E-state index in [4.69, 9.17) is 0 Å². The molecule has 2 heteroatoms. The summed E-state index contributed by atoms with van der Waals surface area (Å²) in [6.07, 6.45) is 0. The van der Waals surface area contributed by atoms with Crippen molar-refractivity contribution in [2.24, 2.45) is 0 Å². The van der Waals surface area contributed by atoms with Crippen LogP contribution in [0.4, 0.5) is 0 Å². The molecule has 12 aromatic carbocycles. The van der Waals surface area contributed by atoms with Crippen LogP contribution in [0.25, 0.3) is 110 Å². The van der Waals surface area contributed by atoms with E-state index in [2.05, 4.69) is 257 Å². The Bertz CT molecular complexity index is 4290. The van der Waals surface area contributed by atoms with Gasteiger partial charge in [-0.1, -0.05) is 251 Å². The highest BCUT2D eigenvalue weighted by Crippen LogP contribution is 2.65. The van der Waals surface area contributed by atoms with Gasteiger partial charge in [-0.25, -0.2) is 0 Å². The van der Waals surface area contributed by atoms with E-state index in [0.717, 1.165) is 0 Å². The summed E-state index contributed by atoms with van der Waals surface area (Å²) in [7, 11) is -4.19. The van der Waals surface area contributed by atoms with Gasteiger partial charge in [-0.3, -0.25) is 0 Å². The first-order valence-corrected chi connectivity index (χ1v) is 32.1. The molecule has 0 saturated heterocycles. The molecule has 2 heterocycles. The minimum Gasteiger partial charge on any atom is -0.0623 e. The van der Waals surface area contributed by atoms with Gasteiger partial charge in [0.2, 0.25) is 0 Å². The van der Waals surface area contributed by atoms with Crippen LogP contribution in [0.2, 0.25) is 26.2 Å². The van der Waals surface area contributed by atoms with Gasteiger partial charge in [-0.05, 0) is 159 Å². The maximum absolute atomic E-state index is 2.60. The smallest absolute Gasteiger partial charge is 0.0623 e. The Morgan fingerprint density at radius 2 is 0.630 bits per heavy atom. The first kappa shape index (κ1) is 41.5. The SMILES string of the molecule is C[Si]1(C)c2ccccc2-c2cccc(-c3cccc4c(-c5cccc6c5-c5ccccc5C65c6ccccc6-c6c5ccc5ccccc65)c5cccc(-c6cccc7c6[Si](C)(C)c6ccccc6-7)c5cc34)c21. The quantitative estimate of drug-likeness (QED) is 0.122. The van der Waals surface area contributed by atoms with E-state index in [9.17, 15) is 0 Å². The molecular weight excluding hydrogens is 909 g/mol. The third kappa shape index (κ3) is 5.15. The molecule has 0 fully saturated rings. The molecule has 73 heavy (non-hydrogen) atoms. The molecule has 342 valence electrons. The lowest BCUT2D eigenvalue weighted by Gasteiger charge is -2.30. The van der Waals surface area contributed by atoms with Crippen LogP contribution < -0.4 is 20.7 Å². The van der Waals surface area contributed by atoms with Crippen molar-refractivity contribution in [2.75, 3.05) is 0 Å². The van der Waals surface area contributed by atoms with Gasteiger partial charge in [0.05, 0.1) is 5.41 Å². The van der Waals surface area contributed by atoms with Crippen LogP contribution >= 0.6 is 0 Å². The summed E-state index contributed by atoms with van der Waals surface area (Å²) in [6.45, 7) is 10.3. The van der Waals surface area contributed by atoms with Gasteiger partial charge in [0.15, 0.2) is 0 Å². The zero-order valence-corrected chi connectivity index (χ0v) is 43.4. The summed E-state index contributed by atoms with van der Waals surface area (Å²) in [5.41, 5.74) is 23.9. The van der Waals surface area contributed by atoms with Crippen molar-refractivity contribution >= 4 is 69.2 Å². The van der Waals surface area contributed by atoms with Gasteiger partial charge in [0.25, 0.3) is 0 Å². The fraction of sp³-hybridized carbons (Fsp3) is 0.0704. The van der Waals surface area contributed by atoms with Crippen LogP contribution in [0.3, 0.4) is 0 Å². The average Bonchev–Trinajstić information content (AvgIpc) is 4.08. The normalized spacial score (nSPS) is 16.5. The number of fused-ring (bicyclic) bond motifs is 20. The largest absolute Gasteiger partial charge is 0.114 e. The predicted octanol–water partition coefficient (Wildman–Crippen LogP) is 16.1. The van der Waals surface area contributed by atoms with E-state index in [1.165, 1.54) is 143 Å². The highest BCUT2D eigenvalue weighted by molar-refractivity contribution is 7.05. The van der Waals surface area contributed by atoms with Crippen LogP contribution in [-0.4, -0.2) is 16.1 Å².